The molecule has 0 aromatic carbocycles. The Labute approximate surface area is 106 Å². The summed E-state index contributed by atoms with van der Waals surface area (Å²) in [4.78, 5) is 0. The van der Waals surface area contributed by atoms with Crippen LogP contribution < -0.4 is 0 Å². The zero-order valence-electron chi connectivity index (χ0n) is 11.8. The van der Waals surface area contributed by atoms with Crippen molar-refractivity contribution in [3.05, 3.63) is 0 Å². The van der Waals surface area contributed by atoms with E-state index in [9.17, 15) is 0 Å². The highest BCUT2D eigenvalue weighted by molar-refractivity contribution is 4.58. The largest absolute Gasteiger partial charge is 0.379 e. The zero-order chi connectivity index (χ0) is 13.0. The van der Waals surface area contributed by atoms with Crippen LogP contribution in [0.3, 0.4) is 0 Å². The van der Waals surface area contributed by atoms with Crippen LogP contribution in [0.4, 0.5) is 0 Å². The molecule has 0 unspecified atom stereocenters. The van der Waals surface area contributed by atoms with Crippen LogP contribution in [-0.4, -0.2) is 52.9 Å². The fourth-order valence-corrected chi connectivity index (χ4v) is 1.08. The Balaban J connectivity index is 2.99. The van der Waals surface area contributed by atoms with Crippen molar-refractivity contribution in [2.45, 2.75) is 27.7 Å². The first kappa shape index (κ1) is 16.8. The molecule has 4 nitrogen and oxygen atoms in total. The molecule has 0 aromatic rings. The molecule has 0 heterocycles. The second-order valence-electron chi connectivity index (χ2n) is 5.03. The number of rotatable bonds is 11. The molecule has 0 amide bonds. The second-order valence-corrected chi connectivity index (χ2v) is 5.03. The predicted molar refractivity (Wildman–Crippen MR) is 68.4 cm³/mol. The normalized spacial score (nSPS) is 12.0. The molecule has 4 heteroatoms. The van der Waals surface area contributed by atoms with Gasteiger partial charge in [0, 0.05) is 6.61 Å². The Morgan fingerprint density at radius 1 is 0.647 bits per heavy atom. The van der Waals surface area contributed by atoms with Crippen molar-refractivity contribution < 1.29 is 18.9 Å². The summed E-state index contributed by atoms with van der Waals surface area (Å²) in [7, 11) is 0. The van der Waals surface area contributed by atoms with E-state index in [4.69, 9.17) is 18.9 Å². The van der Waals surface area contributed by atoms with Gasteiger partial charge in [-0.2, -0.15) is 0 Å². The molecule has 0 aliphatic carbocycles. The smallest absolute Gasteiger partial charge is 0.0701 e. The standard InChI is InChI=1S/C13H28O4/c1-5-14-6-7-15-8-9-16-10-11-17-12-13(2,3)4/h5-12H2,1-4H3. The van der Waals surface area contributed by atoms with Gasteiger partial charge < -0.3 is 18.9 Å². The topological polar surface area (TPSA) is 36.9 Å². The first-order chi connectivity index (χ1) is 8.06. The van der Waals surface area contributed by atoms with Crippen molar-refractivity contribution in [3.8, 4) is 0 Å². The highest BCUT2D eigenvalue weighted by Crippen LogP contribution is 2.12. The van der Waals surface area contributed by atoms with Crippen LogP contribution in [0.2, 0.25) is 0 Å². The fraction of sp³-hybridized carbons (Fsp3) is 1.00. The molecule has 0 rings (SSSR count). The maximum Gasteiger partial charge on any atom is 0.0701 e. The summed E-state index contributed by atoms with van der Waals surface area (Å²) in [5.74, 6) is 0. The molecule has 0 aliphatic heterocycles. The maximum absolute atomic E-state index is 5.47. The average molecular weight is 248 g/mol. The number of ether oxygens (including phenoxy) is 4. The molecule has 0 aromatic heterocycles. The summed E-state index contributed by atoms with van der Waals surface area (Å²) in [6, 6.07) is 0. The Kier molecular flexibility index (Phi) is 10.9. The van der Waals surface area contributed by atoms with Crippen molar-refractivity contribution in [3.63, 3.8) is 0 Å². The molecule has 0 atom stereocenters. The summed E-state index contributed by atoms with van der Waals surface area (Å²) in [5, 5.41) is 0. The number of hydrogen-bond acceptors (Lipinski definition) is 4. The summed E-state index contributed by atoms with van der Waals surface area (Å²) in [6.45, 7) is 13.7. The van der Waals surface area contributed by atoms with Crippen LogP contribution in [0, 0.1) is 5.41 Å². The third-order valence-electron chi connectivity index (χ3n) is 1.86. The lowest BCUT2D eigenvalue weighted by atomic mass is 9.99. The van der Waals surface area contributed by atoms with Gasteiger partial charge >= 0.3 is 0 Å². The maximum atomic E-state index is 5.47. The molecule has 0 radical (unpaired) electrons. The van der Waals surface area contributed by atoms with Crippen LogP contribution >= 0.6 is 0 Å². The van der Waals surface area contributed by atoms with Gasteiger partial charge in [-0.25, -0.2) is 0 Å². The molecular formula is C13H28O4. The highest BCUT2D eigenvalue weighted by Gasteiger charge is 2.09. The molecule has 0 saturated heterocycles. The molecule has 0 spiro atoms. The van der Waals surface area contributed by atoms with Crippen molar-refractivity contribution in [2.75, 3.05) is 52.9 Å². The van der Waals surface area contributed by atoms with E-state index in [1.807, 2.05) is 6.92 Å². The van der Waals surface area contributed by atoms with E-state index >= 15 is 0 Å². The third-order valence-corrected chi connectivity index (χ3v) is 1.86. The van der Waals surface area contributed by atoms with E-state index in [1.165, 1.54) is 0 Å². The van der Waals surface area contributed by atoms with Gasteiger partial charge in [0.15, 0.2) is 0 Å². The Hall–Kier alpha value is -0.160. The van der Waals surface area contributed by atoms with Gasteiger partial charge in [0.05, 0.1) is 46.2 Å². The summed E-state index contributed by atoms with van der Waals surface area (Å²) in [6.07, 6.45) is 0. The van der Waals surface area contributed by atoms with Crippen molar-refractivity contribution in [1.82, 2.24) is 0 Å². The van der Waals surface area contributed by atoms with Gasteiger partial charge in [0.25, 0.3) is 0 Å². The number of hydrogen-bond donors (Lipinski definition) is 0. The molecule has 0 saturated carbocycles. The zero-order valence-corrected chi connectivity index (χ0v) is 11.8. The molecule has 17 heavy (non-hydrogen) atoms. The van der Waals surface area contributed by atoms with Gasteiger partial charge in [-0.15, -0.1) is 0 Å². The minimum atomic E-state index is 0.225. The molecular weight excluding hydrogens is 220 g/mol. The molecule has 0 bridgehead atoms. The van der Waals surface area contributed by atoms with Crippen LogP contribution in [-0.2, 0) is 18.9 Å². The first-order valence-electron chi connectivity index (χ1n) is 6.37. The van der Waals surface area contributed by atoms with Crippen molar-refractivity contribution >= 4 is 0 Å². The van der Waals surface area contributed by atoms with E-state index < -0.39 is 0 Å². The lowest BCUT2D eigenvalue weighted by molar-refractivity contribution is -0.0100. The fourth-order valence-electron chi connectivity index (χ4n) is 1.08. The van der Waals surface area contributed by atoms with Gasteiger partial charge in [-0.1, -0.05) is 20.8 Å². The lowest BCUT2D eigenvalue weighted by Crippen LogP contribution is -2.17. The SMILES string of the molecule is CCOCCOCCOCCOCC(C)(C)C. The summed E-state index contributed by atoms with van der Waals surface area (Å²) >= 11 is 0. The van der Waals surface area contributed by atoms with Gasteiger partial charge in [0.1, 0.15) is 0 Å². The molecule has 0 N–H and O–H groups in total. The highest BCUT2D eigenvalue weighted by atomic mass is 16.6. The summed E-state index contributed by atoms with van der Waals surface area (Å²) < 4.78 is 21.3. The minimum Gasteiger partial charge on any atom is -0.379 e. The van der Waals surface area contributed by atoms with Crippen LogP contribution in [0.1, 0.15) is 27.7 Å². The molecule has 104 valence electrons. The molecule has 0 fully saturated rings. The average Bonchev–Trinajstić information content (AvgIpc) is 2.24. The van der Waals surface area contributed by atoms with Crippen molar-refractivity contribution in [1.29, 1.82) is 0 Å². The van der Waals surface area contributed by atoms with E-state index in [1.54, 1.807) is 0 Å². The van der Waals surface area contributed by atoms with Crippen LogP contribution in [0.5, 0.6) is 0 Å². The summed E-state index contributed by atoms with van der Waals surface area (Å²) in [5.41, 5.74) is 0.225. The predicted octanol–water partition coefficient (Wildman–Crippen LogP) is 2.12. The van der Waals surface area contributed by atoms with E-state index in [-0.39, 0.29) is 5.41 Å². The van der Waals surface area contributed by atoms with E-state index in [0.717, 1.165) is 13.2 Å². The monoisotopic (exact) mass is 248 g/mol. The van der Waals surface area contributed by atoms with E-state index in [2.05, 4.69) is 20.8 Å². The van der Waals surface area contributed by atoms with Gasteiger partial charge in [-0.05, 0) is 12.3 Å². The minimum absolute atomic E-state index is 0.225. The van der Waals surface area contributed by atoms with Gasteiger partial charge in [0.2, 0.25) is 0 Å². The Morgan fingerprint density at radius 3 is 1.47 bits per heavy atom. The lowest BCUT2D eigenvalue weighted by Gasteiger charge is -2.17. The Morgan fingerprint density at radius 2 is 1.06 bits per heavy atom. The Bertz CT molecular complexity index is 154. The third kappa shape index (κ3) is 15.8. The van der Waals surface area contributed by atoms with Crippen LogP contribution in [0.15, 0.2) is 0 Å². The van der Waals surface area contributed by atoms with Crippen molar-refractivity contribution in [2.24, 2.45) is 5.41 Å². The van der Waals surface area contributed by atoms with E-state index in [0.29, 0.717) is 39.6 Å². The van der Waals surface area contributed by atoms with Crippen LogP contribution in [0.25, 0.3) is 0 Å². The molecule has 0 aliphatic rings. The van der Waals surface area contributed by atoms with Gasteiger partial charge in [-0.3, -0.25) is 0 Å². The first-order valence-corrected chi connectivity index (χ1v) is 6.37. The second kappa shape index (κ2) is 11.0. The quantitative estimate of drug-likeness (QED) is 0.525.